The summed E-state index contributed by atoms with van der Waals surface area (Å²) < 4.78 is 2.73. The van der Waals surface area contributed by atoms with Crippen LogP contribution < -0.4 is 5.32 Å². The van der Waals surface area contributed by atoms with Gasteiger partial charge in [-0.05, 0) is 24.6 Å². The van der Waals surface area contributed by atoms with Crippen molar-refractivity contribution in [3.63, 3.8) is 0 Å². The number of hydrogen-bond donors (Lipinski definition) is 1. The third-order valence-corrected chi connectivity index (χ3v) is 3.34. The summed E-state index contributed by atoms with van der Waals surface area (Å²) in [5.74, 6) is 0. The smallest absolute Gasteiger partial charge is 0.143 e. The van der Waals surface area contributed by atoms with Crippen LogP contribution in [0.15, 0.2) is 34.9 Å². The Balaban J connectivity index is 2.28. The lowest BCUT2D eigenvalue weighted by Crippen LogP contribution is -2.09. The molecule has 0 aliphatic carbocycles. The third kappa shape index (κ3) is 3.15. The molecule has 1 aromatic carbocycles. The quantitative estimate of drug-likeness (QED) is 0.939. The molecule has 0 fully saturated rings. The first-order valence-electron chi connectivity index (χ1n) is 6.08. The molecule has 0 bridgehead atoms. The molecule has 1 aromatic heterocycles. The van der Waals surface area contributed by atoms with Crippen LogP contribution >= 0.6 is 15.9 Å². The molecule has 1 unspecified atom stereocenters. The molecule has 2 rings (SSSR count). The Morgan fingerprint density at radius 3 is 2.95 bits per heavy atom. The van der Waals surface area contributed by atoms with E-state index in [4.69, 9.17) is 0 Å². The van der Waals surface area contributed by atoms with E-state index in [9.17, 15) is 5.26 Å². The minimum atomic E-state index is -0.391. The van der Waals surface area contributed by atoms with Gasteiger partial charge in [0.2, 0.25) is 0 Å². The van der Waals surface area contributed by atoms with Crippen LogP contribution in [0.2, 0.25) is 0 Å². The van der Waals surface area contributed by atoms with Gasteiger partial charge in [0.1, 0.15) is 6.04 Å². The van der Waals surface area contributed by atoms with Crippen LogP contribution in [0.1, 0.15) is 24.2 Å². The van der Waals surface area contributed by atoms with E-state index in [0.29, 0.717) is 0 Å². The number of benzene rings is 1. The Labute approximate surface area is 121 Å². The van der Waals surface area contributed by atoms with Gasteiger partial charge in [-0.15, -0.1) is 0 Å². The van der Waals surface area contributed by atoms with Gasteiger partial charge in [0.25, 0.3) is 0 Å². The molecular formula is C14H15BrN4. The van der Waals surface area contributed by atoms with Crippen LogP contribution in [-0.4, -0.2) is 9.78 Å². The Bertz CT molecular complexity index is 612. The number of anilines is 1. The van der Waals surface area contributed by atoms with Crippen molar-refractivity contribution >= 4 is 21.6 Å². The zero-order chi connectivity index (χ0) is 13.8. The molecule has 4 nitrogen and oxygen atoms in total. The number of nitriles is 1. The minimum Gasteiger partial charge on any atom is -0.366 e. The van der Waals surface area contributed by atoms with Crippen LogP contribution in [-0.2, 0) is 13.5 Å². The Hall–Kier alpha value is -1.80. The fraction of sp³-hybridized carbons (Fsp3) is 0.286. The SMILES string of the molecule is CCc1nn(C)cc1C(C#N)Nc1cccc(Br)c1. The Morgan fingerprint density at radius 1 is 1.53 bits per heavy atom. The molecule has 0 radical (unpaired) electrons. The summed E-state index contributed by atoms with van der Waals surface area (Å²) in [5.41, 5.74) is 2.80. The number of nitrogens with one attached hydrogen (secondary N) is 1. The molecule has 2 aromatic rings. The minimum absolute atomic E-state index is 0.391. The van der Waals surface area contributed by atoms with Crippen molar-refractivity contribution in [2.24, 2.45) is 7.05 Å². The maximum atomic E-state index is 9.38. The maximum Gasteiger partial charge on any atom is 0.143 e. The van der Waals surface area contributed by atoms with E-state index in [2.05, 4.69) is 32.4 Å². The lowest BCUT2D eigenvalue weighted by molar-refractivity contribution is 0.746. The van der Waals surface area contributed by atoms with Crippen molar-refractivity contribution in [3.8, 4) is 6.07 Å². The summed E-state index contributed by atoms with van der Waals surface area (Å²) in [6.07, 6.45) is 2.71. The monoisotopic (exact) mass is 318 g/mol. The van der Waals surface area contributed by atoms with Crippen LogP contribution in [0.4, 0.5) is 5.69 Å². The zero-order valence-corrected chi connectivity index (χ0v) is 12.5. The van der Waals surface area contributed by atoms with E-state index in [1.54, 1.807) is 4.68 Å². The number of rotatable bonds is 4. The molecule has 19 heavy (non-hydrogen) atoms. The average Bonchev–Trinajstić information content (AvgIpc) is 2.77. The second-order valence-corrected chi connectivity index (χ2v) is 5.19. The molecule has 0 saturated carbocycles. The van der Waals surface area contributed by atoms with E-state index in [1.807, 2.05) is 44.4 Å². The van der Waals surface area contributed by atoms with Gasteiger partial charge in [-0.3, -0.25) is 4.68 Å². The summed E-state index contributed by atoms with van der Waals surface area (Å²) in [7, 11) is 1.87. The van der Waals surface area contributed by atoms with Crippen molar-refractivity contribution in [2.75, 3.05) is 5.32 Å². The van der Waals surface area contributed by atoms with Crippen LogP contribution in [0.3, 0.4) is 0 Å². The summed E-state index contributed by atoms with van der Waals surface area (Å²) in [6, 6.07) is 9.68. The summed E-state index contributed by atoms with van der Waals surface area (Å²) >= 11 is 3.42. The molecule has 0 aliphatic heterocycles. The highest BCUT2D eigenvalue weighted by molar-refractivity contribution is 9.10. The lowest BCUT2D eigenvalue weighted by atomic mass is 10.1. The fourth-order valence-electron chi connectivity index (χ4n) is 1.99. The predicted molar refractivity (Wildman–Crippen MR) is 78.7 cm³/mol. The van der Waals surface area contributed by atoms with Crippen LogP contribution in [0.25, 0.3) is 0 Å². The van der Waals surface area contributed by atoms with Gasteiger partial charge < -0.3 is 5.32 Å². The van der Waals surface area contributed by atoms with E-state index >= 15 is 0 Å². The highest BCUT2D eigenvalue weighted by atomic mass is 79.9. The first-order valence-corrected chi connectivity index (χ1v) is 6.87. The first kappa shape index (κ1) is 13.6. The van der Waals surface area contributed by atoms with E-state index in [1.165, 1.54) is 0 Å². The fourth-order valence-corrected chi connectivity index (χ4v) is 2.39. The largest absolute Gasteiger partial charge is 0.366 e. The second-order valence-electron chi connectivity index (χ2n) is 4.28. The predicted octanol–water partition coefficient (Wildman–Crippen LogP) is 3.42. The molecule has 0 spiro atoms. The van der Waals surface area contributed by atoms with Crippen molar-refractivity contribution in [1.29, 1.82) is 5.26 Å². The molecular weight excluding hydrogens is 304 g/mol. The highest BCUT2D eigenvalue weighted by Gasteiger charge is 2.17. The second kappa shape index (κ2) is 5.89. The number of halogens is 1. The van der Waals surface area contributed by atoms with Crippen molar-refractivity contribution in [1.82, 2.24) is 9.78 Å². The molecule has 1 atom stereocenters. The Kier molecular flexibility index (Phi) is 4.23. The zero-order valence-electron chi connectivity index (χ0n) is 10.9. The molecule has 0 amide bonds. The topological polar surface area (TPSA) is 53.6 Å². The van der Waals surface area contributed by atoms with Crippen molar-refractivity contribution in [2.45, 2.75) is 19.4 Å². The van der Waals surface area contributed by atoms with Crippen LogP contribution in [0.5, 0.6) is 0 Å². The molecule has 98 valence electrons. The number of nitrogens with zero attached hydrogens (tertiary/aromatic N) is 3. The lowest BCUT2D eigenvalue weighted by Gasteiger charge is -2.13. The van der Waals surface area contributed by atoms with Gasteiger partial charge in [-0.1, -0.05) is 28.9 Å². The van der Waals surface area contributed by atoms with Gasteiger partial charge in [-0.2, -0.15) is 10.4 Å². The van der Waals surface area contributed by atoms with E-state index in [0.717, 1.165) is 27.8 Å². The highest BCUT2D eigenvalue weighted by Crippen LogP contribution is 2.24. The van der Waals surface area contributed by atoms with E-state index in [-0.39, 0.29) is 0 Å². The third-order valence-electron chi connectivity index (χ3n) is 2.85. The molecule has 5 heteroatoms. The van der Waals surface area contributed by atoms with Gasteiger partial charge in [0.05, 0.1) is 11.8 Å². The molecule has 0 saturated heterocycles. The Morgan fingerprint density at radius 2 is 2.32 bits per heavy atom. The van der Waals surface area contributed by atoms with Gasteiger partial charge in [0, 0.05) is 29.0 Å². The first-order chi connectivity index (χ1) is 9.13. The van der Waals surface area contributed by atoms with Gasteiger partial charge in [-0.25, -0.2) is 0 Å². The molecule has 0 aliphatic rings. The molecule has 1 heterocycles. The average molecular weight is 319 g/mol. The van der Waals surface area contributed by atoms with Gasteiger partial charge in [0.15, 0.2) is 0 Å². The number of aromatic nitrogens is 2. The van der Waals surface area contributed by atoms with E-state index < -0.39 is 6.04 Å². The normalized spacial score (nSPS) is 11.9. The summed E-state index contributed by atoms with van der Waals surface area (Å²) in [5, 5.41) is 17.0. The summed E-state index contributed by atoms with van der Waals surface area (Å²) in [6.45, 7) is 2.04. The number of aryl methyl sites for hydroxylation is 2. The molecule has 1 N–H and O–H groups in total. The van der Waals surface area contributed by atoms with Crippen molar-refractivity contribution in [3.05, 3.63) is 46.2 Å². The van der Waals surface area contributed by atoms with Crippen LogP contribution in [0, 0.1) is 11.3 Å². The number of hydrogen-bond acceptors (Lipinski definition) is 3. The maximum absolute atomic E-state index is 9.38. The standard InChI is InChI=1S/C14H15BrN4/c1-3-13-12(9-19(2)18-13)14(8-16)17-11-6-4-5-10(15)7-11/h4-7,9,14,17H,3H2,1-2H3. The summed E-state index contributed by atoms with van der Waals surface area (Å²) in [4.78, 5) is 0. The van der Waals surface area contributed by atoms with Crippen molar-refractivity contribution < 1.29 is 0 Å². The van der Waals surface area contributed by atoms with Gasteiger partial charge >= 0.3 is 0 Å².